The average molecular weight is 460 g/mol. The SMILES string of the molecule is N#Cc1ccc(NC(=O)N2CCC(C(F)(F)C(O)c3cc(Cl)cc4cn[nH]c34)CC2)cc1. The number of amides is 2. The summed E-state index contributed by atoms with van der Waals surface area (Å²) in [5.41, 5.74) is 1.30. The fourth-order valence-electron chi connectivity index (χ4n) is 3.99. The number of carbonyl (C=O) groups excluding carboxylic acids is 1. The van der Waals surface area contributed by atoms with Crippen LogP contribution in [0.4, 0.5) is 19.3 Å². The third-order valence-corrected chi connectivity index (χ3v) is 6.01. The van der Waals surface area contributed by atoms with Gasteiger partial charge in [0.25, 0.3) is 5.92 Å². The molecule has 0 radical (unpaired) electrons. The largest absolute Gasteiger partial charge is 0.382 e. The normalized spacial score (nSPS) is 16.0. The van der Waals surface area contributed by atoms with Crippen molar-refractivity contribution in [2.24, 2.45) is 5.92 Å². The fourth-order valence-corrected chi connectivity index (χ4v) is 4.23. The molecule has 7 nitrogen and oxygen atoms in total. The Morgan fingerprint density at radius 1 is 1.31 bits per heavy atom. The molecule has 0 spiro atoms. The van der Waals surface area contributed by atoms with Crippen LogP contribution in [0.15, 0.2) is 42.6 Å². The third kappa shape index (κ3) is 4.24. The lowest BCUT2D eigenvalue weighted by atomic mass is 9.85. The number of anilines is 1. The van der Waals surface area contributed by atoms with Gasteiger partial charge in [0.2, 0.25) is 0 Å². The van der Waals surface area contributed by atoms with Crippen molar-refractivity contribution in [1.82, 2.24) is 15.1 Å². The highest BCUT2D eigenvalue weighted by Crippen LogP contribution is 2.44. The van der Waals surface area contributed by atoms with Gasteiger partial charge in [0, 0.05) is 40.7 Å². The van der Waals surface area contributed by atoms with Crippen LogP contribution in [0.1, 0.15) is 30.1 Å². The maximum atomic E-state index is 15.2. The van der Waals surface area contributed by atoms with Crippen LogP contribution >= 0.6 is 11.6 Å². The van der Waals surface area contributed by atoms with Crippen LogP contribution in [0.25, 0.3) is 10.9 Å². The van der Waals surface area contributed by atoms with E-state index in [9.17, 15) is 9.90 Å². The second-order valence-electron chi connectivity index (χ2n) is 7.79. The molecule has 0 bridgehead atoms. The molecule has 4 rings (SSSR count). The summed E-state index contributed by atoms with van der Waals surface area (Å²) in [5.74, 6) is -4.52. The molecule has 1 aliphatic heterocycles. The molecule has 2 heterocycles. The van der Waals surface area contributed by atoms with E-state index < -0.39 is 24.0 Å². The number of urea groups is 1. The summed E-state index contributed by atoms with van der Waals surface area (Å²) >= 11 is 6.03. The van der Waals surface area contributed by atoms with Crippen molar-refractivity contribution < 1.29 is 18.7 Å². The number of nitriles is 1. The van der Waals surface area contributed by atoms with Gasteiger partial charge in [-0.25, -0.2) is 13.6 Å². The Morgan fingerprint density at radius 3 is 2.66 bits per heavy atom. The number of hydrogen-bond acceptors (Lipinski definition) is 4. The zero-order valence-electron chi connectivity index (χ0n) is 16.9. The van der Waals surface area contributed by atoms with Crippen LogP contribution in [0.3, 0.4) is 0 Å². The number of nitrogens with zero attached hydrogens (tertiary/aromatic N) is 3. The minimum absolute atomic E-state index is 0.00371. The van der Waals surface area contributed by atoms with Gasteiger partial charge in [-0.05, 0) is 49.2 Å². The molecule has 0 aliphatic carbocycles. The number of halogens is 3. The quantitative estimate of drug-likeness (QED) is 0.525. The maximum absolute atomic E-state index is 15.2. The molecule has 2 amide bonds. The number of aromatic amines is 1. The summed E-state index contributed by atoms with van der Waals surface area (Å²) in [7, 11) is 0. The number of H-pyrrole nitrogens is 1. The Labute approximate surface area is 187 Å². The molecule has 1 saturated heterocycles. The summed E-state index contributed by atoms with van der Waals surface area (Å²) in [6.45, 7) is 0.258. The van der Waals surface area contributed by atoms with E-state index in [1.165, 1.54) is 17.2 Å². The second kappa shape index (κ2) is 8.73. The zero-order chi connectivity index (χ0) is 22.9. The summed E-state index contributed by atoms with van der Waals surface area (Å²) in [5, 5.41) is 29.4. The van der Waals surface area contributed by atoms with Gasteiger partial charge in [0.05, 0.1) is 23.3 Å². The average Bonchev–Trinajstić information content (AvgIpc) is 3.27. The number of aliphatic hydroxyl groups is 1. The Kier molecular flexibility index (Phi) is 6.00. The first-order valence-corrected chi connectivity index (χ1v) is 10.4. The molecule has 10 heteroatoms. The van der Waals surface area contributed by atoms with Gasteiger partial charge < -0.3 is 15.3 Å². The van der Waals surface area contributed by atoms with Crippen LogP contribution in [0.5, 0.6) is 0 Å². The monoisotopic (exact) mass is 459 g/mol. The van der Waals surface area contributed by atoms with E-state index in [0.29, 0.717) is 22.2 Å². The minimum Gasteiger partial charge on any atom is -0.382 e. The maximum Gasteiger partial charge on any atom is 0.321 e. The van der Waals surface area contributed by atoms with E-state index in [4.69, 9.17) is 16.9 Å². The van der Waals surface area contributed by atoms with Gasteiger partial charge in [-0.2, -0.15) is 10.4 Å². The Morgan fingerprint density at radius 2 is 2.00 bits per heavy atom. The number of benzene rings is 2. The van der Waals surface area contributed by atoms with E-state index in [1.807, 2.05) is 6.07 Å². The number of nitrogens with one attached hydrogen (secondary N) is 2. The van der Waals surface area contributed by atoms with E-state index >= 15 is 8.78 Å². The number of fused-ring (bicyclic) bond motifs is 1. The standard InChI is InChI=1S/C22H20ClF2N5O2/c23-16-9-14-12-27-29-19(14)18(10-16)20(31)22(24,25)15-5-7-30(8-6-15)21(32)28-17-3-1-13(11-26)2-4-17/h1-4,9-10,12,15,20,31H,5-8H2,(H,27,29)(H,28,32). The van der Waals surface area contributed by atoms with Crippen molar-refractivity contribution >= 4 is 34.2 Å². The third-order valence-electron chi connectivity index (χ3n) is 5.80. The first kappa shape index (κ1) is 22.0. The van der Waals surface area contributed by atoms with Gasteiger partial charge >= 0.3 is 6.03 Å². The lowest BCUT2D eigenvalue weighted by molar-refractivity contribution is -0.159. The number of alkyl halides is 2. The van der Waals surface area contributed by atoms with E-state index in [0.717, 1.165) is 0 Å². The molecule has 0 saturated carbocycles. The molecule has 2 aromatic carbocycles. The minimum atomic E-state index is -3.42. The number of piperidine rings is 1. The number of aromatic nitrogens is 2. The van der Waals surface area contributed by atoms with E-state index in [2.05, 4.69) is 15.5 Å². The highest BCUT2D eigenvalue weighted by molar-refractivity contribution is 6.31. The Hall–Kier alpha value is -3.22. The van der Waals surface area contributed by atoms with Gasteiger partial charge in [-0.15, -0.1) is 0 Å². The molecule has 1 unspecified atom stereocenters. The predicted molar refractivity (Wildman–Crippen MR) is 115 cm³/mol. The molecule has 1 aliphatic rings. The van der Waals surface area contributed by atoms with Crippen molar-refractivity contribution in [3.8, 4) is 6.07 Å². The van der Waals surface area contributed by atoms with Crippen LogP contribution in [0.2, 0.25) is 5.02 Å². The Bertz CT molecular complexity index is 1170. The number of aliphatic hydroxyl groups excluding tert-OH is 1. The van der Waals surface area contributed by atoms with Gasteiger partial charge in [-0.3, -0.25) is 5.10 Å². The van der Waals surface area contributed by atoms with Crippen LogP contribution in [-0.4, -0.2) is 45.2 Å². The second-order valence-corrected chi connectivity index (χ2v) is 8.22. The number of likely N-dealkylation sites (tertiary alicyclic amines) is 1. The first-order chi connectivity index (χ1) is 15.3. The van der Waals surface area contributed by atoms with Crippen molar-refractivity contribution in [2.45, 2.75) is 24.9 Å². The molecule has 3 N–H and O–H groups in total. The van der Waals surface area contributed by atoms with Crippen molar-refractivity contribution in [2.75, 3.05) is 18.4 Å². The van der Waals surface area contributed by atoms with Gasteiger partial charge in [0.1, 0.15) is 6.10 Å². The lowest BCUT2D eigenvalue weighted by Crippen LogP contribution is -2.46. The number of rotatable bonds is 4. The molecular weight excluding hydrogens is 440 g/mol. The van der Waals surface area contributed by atoms with Crippen molar-refractivity contribution in [3.63, 3.8) is 0 Å². The van der Waals surface area contributed by atoms with Crippen LogP contribution in [-0.2, 0) is 0 Å². The highest BCUT2D eigenvalue weighted by Gasteiger charge is 2.48. The number of carbonyl (C=O) groups is 1. The van der Waals surface area contributed by atoms with Crippen molar-refractivity contribution in [3.05, 3.63) is 58.7 Å². The van der Waals surface area contributed by atoms with Gasteiger partial charge in [0.15, 0.2) is 0 Å². The zero-order valence-corrected chi connectivity index (χ0v) is 17.6. The first-order valence-electron chi connectivity index (χ1n) is 10.0. The topological polar surface area (TPSA) is 105 Å². The highest BCUT2D eigenvalue weighted by atomic mass is 35.5. The summed E-state index contributed by atoms with van der Waals surface area (Å²) < 4.78 is 30.5. The lowest BCUT2D eigenvalue weighted by Gasteiger charge is -2.37. The van der Waals surface area contributed by atoms with Crippen LogP contribution < -0.4 is 5.32 Å². The smallest absolute Gasteiger partial charge is 0.321 e. The summed E-state index contributed by atoms with van der Waals surface area (Å²) in [4.78, 5) is 13.9. The molecule has 3 aromatic rings. The van der Waals surface area contributed by atoms with E-state index in [-0.39, 0.29) is 36.5 Å². The summed E-state index contributed by atoms with van der Waals surface area (Å²) in [6.07, 6.45) is -0.525. The molecule has 1 fully saturated rings. The molecular formula is C22H20ClF2N5O2. The summed E-state index contributed by atoms with van der Waals surface area (Å²) in [6, 6.07) is 10.9. The molecule has 1 atom stereocenters. The molecule has 32 heavy (non-hydrogen) atoms. The number of hydrogen-bond donors (Lipinski definition) is 3. The molecule has 1 aromatic heterocycles. The van der Waals surface area contributed by atoms with Gasteiger partial charge in [-0.1, -0.05) is 11.6 Å². The molecule has 166 valence electrons. The van der Waals surface area contributed by atoms with E-state index in [1.54, 1.807) is 30.3 Å². The predicted octanol–water partition coefficient (Wildman–Crippen LogP) is 4.70. The van der Waals surface area contributed by atoms with Crippen LogP contribution in [0, 0.1) is 17.2 Å². The fraction of sp³-hybridized carbons (Fsp3) is 0.318. The Balaban J connectivity index is 1.41. The van der Waals surface area contributed by atoms with Crippen molar-refractivity contribution in [1.29, 1.82) is 5.26 Å².